The standard InChI is InChI=1S/C15H23NO3/c1-12(10-19-15-6-7-18-11-15)16-9-13-4-3-5-14(8-13)17-2/h3-5,8,12,15-16H,6-7,9-11H2,1-2H3. The Morgan fingerprint density at radius 1 is 1.47 bits per heavy atom. The first-order chi connectivity index (χ1) is 9.28. The Kier molecular flexibility index (Phi) is 5.63. The molecule has 1 fully saturated rings. The molecule has 1 aromatic carbocycles. The van der Waals surface area contributed by atoms with Crippen molar-refractivity contribution in [3.05, 3.63) is 29.8 Å². The number of hydrogen-bond donors (Lipinski definition) is 1. The Labute approximate surface area is 115 Å². The molecule has 0 amide bonds. The van der Waals surface area contributed by atoms with Crippen molar-refractivity contribution in [2.45, 2.75) is 32.0 Å². The third-order valence-corrected chi connectivity index (χ3v) is 3.26. The zero-order valence-electron chi connectivity index (χ0n) is 11.7. The Bertz CT molecular complexity index is 377. The summed E-state index contributed by atoms with van der Waals surface area (Å²) in [5.41, 5.74) is 1.22. The highest BCUT2D eigenvalue weighted by Crippen LogP contribution is 2.12. The van der Waals surface area contributed by atoms with Gasteiger partial charge >= 0.3 is 0 Å². The molecule has 1 saturated heterocycles. The van der Waals surface area contributed by atoms with Gasteiger partial charge in [0.15, 0.2) is 0 Å². The van der Waals surface area contributed by atoms with Crippen LogP contribution in [0.4, 0.5) is 0 Å². The molecule has 106 valence electrons. The van der Waals surface area contributed by atoms with Crippen LogP contribution >= 0.6 is 0 Å². The van der Waals surface area contributed by atoms with Gasteiger partial charge in [-0.1, -0.05) is 12.1 Å². The lowest BCUT2D eigenvalue weighted by atomic mass is 10.2. The summed E-state index contributed by atoms with van der Waals surface area (Å²) >= 11 is 0. The highest BCUT2D eigenvalue weighted by Gasteiger charge is 2.16. The smallest absolute Gasteiger partial charge is 0.119 e. The summed E-state index contributed by atoms with van der Waals surface area (Å²) in [6, 6.07) is 8.43. The summed E-state index contributed by atoms with van der Waals surface area (Å²) < 4.78 is 16.3. The van der Waals surface area contributed by atoms with Gasteiger partial charge in [0.2, 0.25) is 0 Å². The summed E-state index contributed by atoms with van der Waals surface area (Å²) in [4.78, 5) is 0. The number of nitrogens with one attached hydrogen (secondary N) is 1. The summed E-state index contributed by atoms with van der Waals surface area (Å²) in [5, 5.41) is 3.45. The molecule has 0 aliphatic carbocycles. The van der Waals surface area contributed by atoms with E-state index in [1.807, 2.05) is 18.2 Å². The minimum atomic E-state index is 0.279. The molecule has 0 radical (unpaired) electrons. The van der Waals surface area contributed by atoms with Gasteiger partial charge in [-0.3, -0.25) is 0 Å². The van der Waals surface area contributed by atoms with Crippen molar-refractivity contribution in [1.82, 2.24) is 5.32 Å². The number of rotatable bonds is 7. The van der Waals surface area contributed by atoms with Crippen LogP contribution < -0.4 is 10.1 Å². The first kappa shape index (κ1) is 14.3. The molecule has 0 aromatic heterocycles. The SMILES string of the molecule is COc1cccc(CNC(C)COC2CCOC2)c1. The largest absolute Gasteiger partial charge is 0.497 e. The van der Waals surface area contributed by atoms with E-state index in [-0.39, 0.29) is 6.10 Å². The maximum Gasteiger partial charge on any atom is 0.119 e. The monoisotopic (exact) mass is 265 g/mol. The molecule has 1 aliphatic rings. The molecule has 2 rings (SSSR count). The zero-order valence-corrected chi connectivity index (χ0v) is 11.7. The lowest BCUT2D eigenvalue weighted by Crippen LogP contribution is -2.32. The molecule has 1 N–H and O–H groups in total. The van der Waals surface area contributed by atoms with Crippen molar-refractivity contribution in [1.29, 1.82) is 0 Å². The lowest BCUT2D eigenvalue weighted by molar-refractivity contribution is 0.0322. The van der Waals surface area contributed by atoms with Crippen molar-refractivity contribution in [2.75, 3.05) is 26.9 Å². The summed E-state index contributed by atoms with van der Waals surface area (Å²) in [5.74, 6) is 0.895. The zero-order chi connectivity index (χ0) is 13.5. The van der Waals surface area contributed by atoms with Crippen molar-refractivity contribution in [3.8, 4) is 5.75 Å². The predicted molar refractivity (Wildman–Crippen MR) is 74.5 cm³/mol. The van der Waals surface area contributed by atoms with Crippen molar-refractivity contribution >= 4 is 0 Å². The highest BCUT2D eigenvalue weighted by atomic mass is 16.5. The molecule has 0 bridgehead atoms. The van der Waals surface area contributed by atoms with Crippen LogP contribution in [0, 0.1) is 0 Å². The molecule has 1 heterocycles. The van der Waals surface area contributed by atoms with Gasteiger partial charge in [-0.05, 0) is 31.0 Å². The average molecular weight is 265 g/mol. The molecule has 4 heteroatoms. The Hall–Kier alpha value is -1.10. The van der Waals surface area contributed by atoms with Crippen LogP contribution in [-0.4, -0.2) is 39.1 Å². The Morgan fingerprint density at radius 2 is 2.37 bits per heavy atom. The number of benzene rings is 1. The molecule has 0 spiro atoms. The summed E-state index contributed by atoms with van der Waals surface area (Å²) in [6.07, 6.45) is 1.30. The van der Waals surface area contributed by atoms with E-state index in [1.54, 1.807) is 7.11 Å². The molecular formula is C15H23NO3. The molecule has 2 unspecified atom stereocenters. The van der Waals surface area contributed by atoms with Gasteiger partial charge in [0.25, 0.3) is 0 Å². The van der Waals surface area contributed by atoms with Crippen molar-refractivity contribution in [2.24, 2.45) is 0 Å². The first-order valence-electron chi connectivity index (χ1n) is 6.83. The second-order valence-electron chi connectivity index (χ2n) is 4.95. The quantitative estimate of drug-likeness (QED) is 0.818. The van der Waals surface area contributed by atoms with E-state index in [4.69, 9.17) is 14.2 Å². The third-order valence-electron chi connectivity index (χ3n) is 3.26. The molecule has 4 nitrogen and oxygen atoms in total. The number of ether oxygens (including phenoxy) is 3. The van der Waals surface area contributed by atoms with Crippen LogP contribution in [0.25, 0.3) is 0 Å². The third kappa shape index (κ3) is 4.82. The second kappa shape index (κ2) is 7.48. The predicted octanol–water partition coefficient (Wildman–Crippen LogP) is 1.98. The fourth-order valence-electron chi connectivity index (χ4n) is 2.06. The van der Waals surface area contributed by atoms with Crippen LogP contribution in [0.15, 0.2) is 24.3 Å². The molecule has 19 heavy (non-hydrogen) atoms. The molecule has 2 atom stereocenters. The Morgan fingerprint density at radius 3 is 3.11 bits per heavy atom. The maximum atomic E-state index is 5.79. The van der Waals surface area contributed by atoms with Crippen molar-refractivity contribution in [3.63, 3.8) is 0 Å². The van der Waals surface area contributed by atoms with Crippen LogP contribution in [-0.2, 0) is 16.0 Å². The normalized spacial score (nSPS) is 20.4. The highest BCUT2D eigenvalue weighted by molar-refractivity contribution is 5.28. The minimum Gasteiger partial charge on any atom is -0.497 e. The van der Waals surface area contributed by atoms with Crippen molar-refractivity contribution < 1.29 is 14.2 Å². The number of hydrogen-bond acceptors (Lipinski definition) is 4. The first-order valence-corrected chi connectivity index (χ1v) is 6.83. The van der Waals surface area contributed by atoms with E-state index in [9.17, 15) is 0 Å². The molecular weight excluding hydrogens is 242 g/mol. The van der Waals surface area contributed by atoms with E-state index in [2.05, 4.69) is 18.3 Å². The second-order valence-corrected chi connectivity index (χ2v) is 4.95. The van der Waals surface area contributed by atoms with Crippen LogP contribution in [0.3, 0.4) is 0 Å². The van der Waals surface area contributed by atoms with Gasteiger partial charge in [-0.15, -0.1) is 0 Å². The van der Waals surface area contributed by atoms with E-state index >= 15 is 0 Å². The van der Waals surface area contributed by atoms with E-state index in [0.29, 0.717) is 6.04 Å². The molecule has 1 aliphatic heterocycles. The van der Waals surface area contributed by atoms with E-state index < -0.39 is 0 Å². The fraction of sp³-hybridized carbons (Fsp3) is 0.600. The molecule has 1 aromatic rings. The maximum absolute atomic E-state index is 5.79. The molecule has 0 saturated carbocycles. The van der Waals surface area contributed by atoms with Gasteiger partial charge in [-0.25, -0.2) is 0 Å². The Balaban J connectivity index is 1.68. The lowest BCUT2D eigenvalue weighted by Gasteiger charge is -2.17. The average Bonchev–Trinajstić information content (AvgIpc) is 2.96. The van der Waals surface area contributed by atoms with Crippen LogP contribution in [0.5, 0.6) is 5.75 Å². The van der Waals surface area contributed by atoms with Gasteiger partial charge < -0.3 is 19.5 Å². The van der Waals surface area contributed by atoms with Crippen LogP contribution in [0.2, 0.25) is 0 Å². The fourth-order valence-corrected chi connectivity index (χ4v) is 2.06. The van der Waals surface area contributed by atoms with E-state index in [0.717, 1.165) is 38.5 Å². The van der Waals surface area contributed by atoms with Gasteiger partial charge in [0, 0.05) is 19.2 Å². The summed E-state index contributed by atoms with van der Waals surface area (Å²) in [6.45, 7) is 5.25. The van der Waals surface area contributed by atoms with Gasteiger partial charge in [0.05, 0.1) is 26.4 Å². The topological polar surface area (TPSA) is 39.7 Å². The number of methoxy groups -OCH3 is 1. The minimum absolute atomic E-state index is 0.279. The van der Waals surface area contributed by atoms with Gasteiger partial charge in [-0.2, -0.15) is 0 Å². The van der Waals surface area contributed by atoms with Crippen LogP contribution in [0.1, 0.15) is 18.9 Å². The van der Waals surface area contributed by atoms with E-state index in [1.165, 1.54) is 5.56 Å². The summed E-state index contributed by atoms with van der Waals surface area (Å²) in [7, 11) is 1.69. The van der Waals surface area contributed by atoms with Gasteiger partial charge in [0.1, 0.15) is 5.75 Å².